The highest BCUT2D eigenvalue weighted by atomic mass is 14.9. The summed E-state index contributed by atoms with van der Waals surface area (Å²) >= 11 is 0. The number of hydrogen-bond acceptors (Lipinski definition) is 1. The summed E-state index contributed by atoms with van der Waals surface area (Å²) in [6, 6.07) is 9.53. The van der Waals surface area contributed by atoms with E-state index in [1.807, 2.05) is 0 Å². The number of hydrogen-bond donors (Lipinski definition) is 1. The second-order valence-electron chi connectivity index (χ2n) is 7.00. The topological polar surface area (TPSA) is 12.0 Å². The van der Waals surface area contributed by atoms with Crippen molar-refractivity contribution in [2.24, 2.45) is 5.92 Å². The fourth-order valence-corrected chi connectivity index (χ4v) is 3.56. The molecule has 0 saturated heterocycles. The molecule has 1 saturated carbocycles. The van der Waals surface area contributed by atoms with E-state index >= 15 is 0 Å². The van der Waals surface area contributed by atoms with Gasteiger partial charge in [0.25, 0.3) is 0 Å². The van der Waals surface area contributed by atoms with Crippen molar-refractivity contribution in [1.82, 2.24) is 5.32 Å². The molecule has 0 heterocycles. The zero-order valence-corrected chi connectivity index (χ0v) is 13.0. The Kier molecular flexibility index (Phi) is 4.67. The molecule has 0 aromatic heterocycles. The number of benzene rings is 1. The first-order valence-corrected chi connectivity index (χ1v) is 7.80. The molecule has 1 N–H and O–H groups in total. The van der Waals surface area contributed by atoms with Crippen molar-refractivity contribution < 1.29 is 0 Å². The van der Waals surface area contributed by atoms with Crippen molar-refractivity contribution in [1.29, 1.82) is 0 Å². The van der Waals surface area contributed by atoms with Gasteiger partial charge in [-0.3, -0.25) is 0 Å². The van der Waals surface area contributed by atoms with Crippen molar-refractivity contribution in [3.63, 3.8) is 0 Å². The zero-order valence-electron chi connectivity index (χ0n) is 13.0. The molecule has 1 aliphatic rings. The molecular weight excluding hydrogens is 230 g/mol. The Bertz CT molecular complexity index is 396. The van der Waals surface area contributed by atoms with Crippen LogP contribution in [-0.4, -0.2) is 7.05 Å². The van der Waals surface area contributed by atoms with E-state index in [1.165, 1.54) is 43.2 Å². The average molecular weight is 259 g/mol. The Labute approximate surface area is 118 Å². The van der Waals surface area contributed by atoms with Gasteiger partial charge in [-0.25, -0.2) is 0 Å². The van der Waals surface area contributed by atoms with Crippen LogP contribution in [0, 0.1) is 5.92 Å². The van der Waals surface area contributed by atoms with Crippen LogP contribution in [0.15, 0.2) is 24.3 Å². The number of nitrogens with one attached hydrogen (secondary N) is 1. The molecule has 1 fully saturated rings. The highest BCUT2D eigenvalue weighted by molar-refractivity contribution is 5.35. The molecule has 2 rings (SSSR count). The van der Waals surface area contributed by atoms with E-state index in [-0.39, 0.29) is 5.41 Å². The molecule has 0 amide bonds. The quantitative estimate of drug-likeness (QED) is 0.820. The summed E-state index contributed by atoms with van der Waals surface area (Å²) in [4.78, 5) is 0. The fraction of sp³-hybridized carbons (Fsp3) is 0.667. The predicted octanol–water partition coefficient (Wildman–Crippen LogP) is 4.82. The lowest BCUT2D eigenvalue weighted by molar-refractivity contribution is 0.279. The molecule has 1 unspecified atom stereocenters. The van der Waals surface area contributed by atoms with E-state index in [0.29, 0.717) is 6.04 Å². The van der Waals surface area contributed by atoms with Gasteiger partial charge >= 0.3 is 0 Å². The maximum absolute atomic E-state index is 3.60. The van der Waals surface area contributed by atoms with Gasteiger partial charge in [-0.1, -0.05) is 64.3 Å². The first kappa shape index (κ1) is 14.6. The molecule has 1 nitrogen and oxygen atoms in total. The summed E-state index contributed by atoms with van der Waals surface area (Å²) < 4.78 is 0. The maximum atomic E-state index is 3.60. The molecule has 0 spiro atoms. The average Bonchev–Trinajstić information content (AvgIpc) is 2.40. The van der Waals surface area contributed by atoms with Crippen LogP contribution in [0.1, 0.15) is 70.0 Å². The monoisotopic (exact) mass is 259 g/mol. The lowest BCUT2D eigenvalue weighted by Gasteiger charge is -2.34. The summed E-state index contributed by atoms with van der Waals surface area (Å²) in [7, 11) is 2.12. The van der Waals surface area contributed by atoms with Crippen LogP contribution in [0.3, 0.4) is 0 Å². The highest BCUT2D eigenvalue weighted by Gasteiger charge is 2.28. The second-order valence-corrected chi connectivity index (χ2v) is 7.00. The summed E-state index contributed by atoms with van der Waals surface area (Å²) in [6.07, 6.45) is 6.99. The van der Waals surface area contributed by atoms with E-state index in [9.17, 15) is 0 Å². The summed E-state index contributed by atoms with van der Waals surface area (Å²) in [6.45, 7) is 6.96. The van der Waals surface area contributed by atoms with Crippen molar-refractivity contribution in [2.45, 2.75) is 64.3 Å². The second kappa shape index (κ2) is 6.09. The van der Waals surface area contributed by atoms with Gasteiger partial charge in [0, 0.05) is 6.04 Å². The van der Waals surface area contributed by atoms with Gasteiger partial charge in [0.1, 0.15) is 0 Å². The van der Waals surface area contributed by atoms with E-state index < -0.39 is 0 Å². The zero-order chi connectivity index (χ0) is 13.9. The Balaban J connectivity index is 2.32. The minimum absolute atomic E-state index is 0.223. The van der Waals surface area contributed by atoms with Crippen LogP contribution in [0.4, 0.5) is 0 Å². The summed E-state index contributed by atoms with van der Waals surface area (Å²) in [5.41, 5.74) is 3.24. The molecule has 0 radical (unpaired) electrons. The van der Waals surface area contributed by atoms with Crippen molar-refractivity contribution in [2.75, 3.05) is 7.05 Å². The smallest absolute Gasteiger partial charge is 0.0349 e. The highest BCUT2D eigenvalue weighted by Crippen LogP contribution is 2.38. The van der Waals surface area contributed by atoms with Crippen LogP contribution in [0.2, 0.25) is 0 Å². The van der Waals surface area contributed by atoms with Gasteiger partial charge in [0.15, 0.2) is 0 Å². The van der Waals surface area contributed by atoms with Gasteiger partial charge in [-0.2, -0.15) is 0 Å². The van der Waals surface area contributed by atoms with E-state index in [1.54, 1.807) is 0 Å². The molecule has 0 bridgehead atoms. The Morgan fingerprint density at radius 2 is 1.68 bits per heavy atom. The summed E-state index contributed by atoms with van der Waals surface area (Å²) in [5.74, 6) is 0.808. The van der Waals surface area contributed by atoms with Crippen LogP contribution < -0.4 is 5.32 Å². The predicted molar refractivity (Wildman–Crippen MR) is 83.5 cm³/mol. The van der Waals surface area contributed by atoms with Gasteiger partial charge in [-0.15, -0.1) is 0 Å². The van der Waals surface area contributed by atoms with E-state index in [0.717, 1.165) is 5.92 Å². The van der Waals surface area contributed by atoms with Crippen LogP contribution in [0.25, 0.3) is 0 Å². The fourth-order valence-electron chi connectivity index (χ4n) is 3.56. The van der Waals surface area contributed by atoms with Crippen molar-refractivity contribution >= 4 is 0 Å². The van der Waals surface area contributed by atoms with Crippen LogP contribution >= 0.6 is 0 Å². The maximum Gasteiger partial charge on any atom is 0.0349 e. The number of rotatable bonds is 3. The Morgan fingerprint density at radius 1 is 1.05 bits per heavy atom. The minimum Gasteiger partial charge on any atom is -0.313 e. The molecule has 1 aliphatic carbocycles. The van der Waals surface area contributed by atoms with Crippen LogP contribution in [0.5, 0.6) is 0 Å². The van der Waals surface area contributed by atoms with E-state index in [4.69, 9.17) is 0 Å². The van der Waals surface area contributed by atoms with Gasteiger partial charge in [0.2, 0.25) is 0 Å². The molecule has 0 aliphatic heterocycles. The lowest BCUT2D eigenvalue weighted by Crippen LogP contribution is -2.29. The van der Waals surface area contributed by atoms with E-state index in [2.05, 4.69) is 57.4 Å². The molecular formula is C18H29N. The first-order chi connectivity index (χ1) is 9.04. The van der Waals surface area contributed by atoms with Crippen LogP contribution in [-0.2, 0) is 5.41 Å². The first-order valence-electron chi connectivity index (χ1n) is 7.80. The SMILES string of the molecule is CNC(c1ccccc1C(C)(C)C)C1CCCCC1. The standard InChI is InChI=1S/C18H29N/c1-18(2,3)16-13-9-8-12-15(16)17(19-4)14-10-6-5-7-11-14/h8-9,12-14,17,19H,5-7,10-11H2,1-4H3. The molecule has 1 aromatic carbocycles. The molecule has 1 aromatic rings. The van der Waals surface area contributed by atoms with Crippen molar-refractivity contribution in [3.05, 3.63) is 35.4 Å². The largest absolute Gasteiger partial charge is 0.313 e. The molecule has 19 heavy (non-hydrogen) atoms. The third-order valence-electron chi connectivity index (χ3n) is 4.54. The third kappa shape index (κ3) is 3.39. The molecule has 1 heteroatoms. The van der Waals surface area contributed by atoms with Gasteiger partial charge in [-0.05, 0) is 42.3 Å². The molecule has 1 atom stereocenters. The normalized spacial score (nSPS) is 19.4. The van der Waals surface area contributed by atoms with Gasteiger partial charge < -0.3 is 5.32 Å². The van der Waals surface area contributed by atoms with Crippen molar-refractivity contribution in [3.8, 4) is 0 Å². The Morgan fingerprint density at radius 3 is 2.26 bits per heavy atom. The summed E-state index contributed by atoms with van der Waals surface area (Å²) in [5, 5.41) is 3.60. The Hall–Kier alpha value is -0.820. The third-order valence-corrected chi connectivity index (χ3v) is 4.54. The molecule has 106 valence electrons. The van der Waals surface area contributed by atoms with Gasteiger partial charge in [0.05, 0.1) is 0 Å². The minimum atomic E-state index is 0.223. The lowest BCUT2D eigenvalue weighted by atomic mass is 9.75.